The van der Waals surface area contributed by atoms with Crippen molar-refractivity contribution in [3.63, 3.8) is 0 Å². The highest BCUT2D eigenvalue weighted by molar-refractivity contribution is 6.91. The van der Waals surface area contributed by atoms with Crippen LogP contribution in [0.2, 0.25) is 18.1 Å². The monoisotopic (exact) mass is 669 g/mol. The zero-order valence-electron chi connectivity index (χ0n) is 33.6. The lowest BCUT2D eigenvalue weighted by atomic mass is 9.87. The molecule has 1 rings (SSSR count). The van der Waals surface area contributed by atoms with Gasteiger partial charge in [0.1, 0.15) is 0 Å². The SMILES string of the molecule is CCCCCCCCCCCC[Si](CCCCCCCCCCCC)(CCCCCCCCCCCC)c1cccc(C(C)(C)C)c1. The van der Waals surface area contributed by atoms with Crippen LogP contribution in [0.1, 0.15) is 240 Å². The van der Waals surface area contributed by atoms with E-state index in [2.05, 4.69) is 65.8 Å². The van der Waals surface area contributed by atoms with E-state index in [1.54, 1.807) is 23.7 Å². The Morgan fingerprint density at radius 3 is 0.936 bits per heavy atom. The largest absolute Gasteiger partial charge is 0.0867 e. The van der Waals surface area contributed by atoms with Gasteiger partial charge in [-0.1, -0.05) is 282 Å². The van der Waals surface area contributed by atoms with Gasteiger partial charge in [0.2, 0.25) is 0 Å². The van der Waals surface area contributed by atoms with E-state index in [-0.39, 0.29) is 5.41 Å². The summed E-state index contributed by atoms with van der Waals surface area (Å²) >= 11 is 0. The smallest absolute Gasteiger partial charge is 0.0654 e. The average Bonchev–Trinajstić information content (AvgIpc) is 3.06. The third-order valence-corrected chi connectivity index (χ3v) is 16.8. The fourth-order valence-electron chi connectivity index (χ4n) is 7.98. The second-order valence-electron chi connectivity index (χ2n) is 16.9. The molecule has 47 heavy (non-hydrogen) atoms. The molecule has 0 nitrogen and oxygen atoms in total. The van der Waals surface area contributed by atoms with Crippen molar-refractivity contribution in [2.24, 2.45) is 0 Å². The first-order valence-corrected chi connectivity index (χ1v) is 24.6. The van der Waals surface area contributed by atoms with E-state index in [9.17, 15) is 0 Å². The third-order valence-electron chi connectivity index (χ3n) is 11.4. The van der Waals surface area contributed by atoms with Crippen LogP contribution in [0.25, 0.3) is 0 Å². The number of hydrogen-bond acceptors (Lipinski definition) is 0. The molecule has 1 aromatic rings. The molecule has 1 heteroatoms. The number of unbranched alkanes of at least 4 members (excludes halogenated alkanes) is 27. The molecule has 0 aliphatic rings. The van der Waals surface area contributed by atoms with Gasteiger partial charge in [0, 0.05) is 0 Å². The summed E-state index contributed by atoms with van der Waals surface area (Å²) in [7, 11) is -1.55. The molecule has 0 spiro atoms. The Morgan fingerprint density at radius 1 is 0.383 bits per heavy atom. The van der Waals surface area contributed by atoms with Crippen LogP contribution in [-0.2, 0) is 5.41 Å². The quantitative estimate of drug-likeness (QED) is 0.0506. The highest BCUT2D eigenvalue weighted by Crippen LogP contribution is 2.32. The van der Waals surface area contributed by atoms with E-state index in [0.29, 0.717) is 0 Å². The lowest BCUT2D eigenvalue weighted by Crippen LogP contribution is -2.48. The van der Waals surface area contributed by atoms with Gasteiger partial charge in [-0.3, -0.25) is 0 Å². The van der Waals surface area contributed by atoms with Crippen molar-refractivity contribution in [2.75, 3.05) is 0 Å². The Balaban J connectivity index is 2.82. The fourth-order valence-corrected chi connectivity index (χ4v) is 13.3. The molecule has 0 saturated heterocycles. The van der Waals surface area contributed by atoms with Gasteiger partial charge in [0.15, 0.2) is 0 Å². The van der Waals surface area contributed by atoms with E-state index in [1.807, 2.05) is 5.19 Å². The van der Waals surface area contributed by atoms with Crippen molar-refractivity contribution < 1.29 is 0 Å². The minimum absolute atomic E-state index is 0.238. The van der Waals surface area contributed by atoms with Crippen LogP contribution in [0, 0.1) is 0 Å². The van der Waals surface area contributed by atoms with Gasteiger partial charge >= 0.3 is 0 Å². The molecule has 1 aromatic carbocycles. The van der Waals surface area contributed by atoms with Crippen molar-refractivity contribution in [2.45, 2.75) is 258 Å². The second-order valence-corrected chi connectivity index (χ2v) is 21.5. The maximum Gasteiger partial charge on any atom is 0.0867 e. The first-order valence-electron chi connectivity index (χ1n) is 22.0. The Hall–Kier alpha value is -0.563. The molecule has 0 atom stereocenters. The van der Waals surface area contributed by atoms with E-state index < -0.39 is 8.07 Å². The van der Waals surface area contributed by atoms with Crippen molar-refractivity contribution in [3.05, 3.63) is 29.8 Å². The van der Waals surface area contributed by atoms with Gasteiger partial charge in [-0.15, -0.1) is 0 Å². The minimum atomic E-state index is -1.55. The second kappa shape index (κ2) is 30.3. The molecule has 0 aliphatic carbocycles. The van der Waals surface area contributed by atoms with E-state index in [1.165, 1.54) is 193 Å². The Bertz CT molecular complexity index is 729. The van der Waals surface area contributed by atoms with Crippen LogP contribution >= 0.6 is 0 Å². The van der Waals surface area contributed by atoms with Gasteiger partial charge in [-0.25, -0.2) is 0 Å². The zero-order chi connectivity index (χ0) is 34.3. The Labute approximate surface area is 299 Å². The fraction of sp³-hybridized carbons (Fsp3) is 0.870. The van der Waals surface area contributed by atoms with Gasteiger partial charge in [0.05, 0.1) is 8.07 Å². The van der Waals surface area contributed by atoms with Crippen LogP contribution in [-0.4, -0.2) is 8.07 Å². The number of hydrogen-bond donors (Lipinski definition) is 0. The summed E-state index contributed by atoms with van der Waals surface area (Å²) in [6, 6.07) is 14.8. The molecule has 0 bridgehead atoms. The number of benzene rings is 1. The van der Waals surface area contributed by atoms with Crippen molar-refractivity contribution in [1.29, 1.82) is 0 Å². The summed E-state index contributed by atoms with van der Waals surface area (Å²) < 4.78 is 0. The molecule has 0 unspecified atom stereocenters. The van der Waals surface area contributed by atoms with Crippen molar-refractivity contribution >= 4 is 13.3 Å². The Morgan fingerprint density at radius 2 is 0.660 bits per heavy atom. The first-order chi connectivity index (χ1) is 22.9. The maximum atomic E-state index is 2.72. The van der Waals surface area contributed by atoms with Crippen LogP contribution < -0.4 is 5.19 Å². The highest BCUT2D eigenvalue weighted by Gasteiger charge is 2.34. The number of rotatable bonds is 34. The highest BCUT2D eigenvalue weighted by atomic mass is 28.3. The summed E-state index contributed by atoms with van der Waals surface area (Å²) in [6.07, 6.45) is 43.6. The summed E-state index contributed by atoms with van der Waals surface area (Å²) in [5, 5.41) is 1.83. The normalized spacial score (nSPS) is 12.3. The molecule has 0 aliphatic heterocycles. The first kappa shape index (κ1) is 44.5. The summed E-state index contributed by atoms with van der Waals surface area (Å²) in [4.78, 5) is 0. The van der Waals surface area contributed by atoms with Crippen molar-refractivity contribution in [1.82, 2.24) is 0 Å². The van der Waals surface area contributed by atoms with Crippen LogP contribution in [0.3, 0.4) is 0 Å². The van der Waals surface area contributed by atoms with E-state index >= 15 is 0 Å². The van der Waals surface area contributed by atoms with Crippen LogP contribution in [0.4, 0.5) is 0 Å². The van der Waals surface area contributed by atoms with Crippen molar-refractivity contribution in [3.8, 4) is 0 Å². The minimum Gasteiger partial charge on any atom is -0.0654 e. The molecule has 0 N–H and O–H groups in total. The molecule has 0 amide bonds. The standard InChI is InChI=1S/C46H88Si/c1-7-10-13-16-19-22-25-28-31-34-40-47(45-39-37-38-44(43-45)46(4,5)6,41-35-32-29-26-23-20-17-14-11-8-2)42-36-33-30-27-24-21-18-15-12-9-3/h37-39,43H,7-36,40-42H2,1-6H3. The molecule has 0 aromatic heterocycles. The molecule has 0 heterocycles. The summed E-state index contributed by atoms with van der Waals surface area (Å²) in [5.41, 5.74) is 1.81. The van der Waals surface area contributed by atoms with Gasteiger partial charge in [0.25, 0.3) is 0 Å². The predicted molar refractivity (Wildman–Crippen MR) is 220 cm³/mol. The predicted octanol–water partition coefficient (Wildman–Crippen LogP) is 16.4. The molecule has 0 fully saturated rings. The molecule has 0 radical (unpaired) electrons. The molecular weight excluding hydrogens is 581 g/mol. The topological polar surface area (TPSA) is 0 Å². The lowest BCUT2D eigenvalue weighted by molar-refractivity contribution is 0.556. The lowest BCUT2D eigenvalue weighted by Gasteiger charge is -2.34. The van der Waals surface area contributed by atoms with E-state index in [0.717, 1.165) is 0 Å². The van der Waals surface area contributed by atoms with E-state index in [4.69, 9.17) is 0 Å². The van der Waals surface area contributed by atoms with Gasteiger partial charge in [-0.2, -0.15) is 0 Å². The summed E-state index contributed by atoms with van der Waals surface area (Å²) in [5.74, 6) is 0. The maximum absolute atomic E-state index is 2.72. The average molecular weight is 669 g/mol. The Kier molecular flexibility index (Phi) is 28.6. The van der Waals surface area contributed by atoms with Crippen LogP contribution in [0.15, 0.2) is 24.3 Å². The molecule has 0 saturated carbocycles. The van der Waals surface area contributed by atoms with Crippen LogP contribution in [0.5, 0.6) is 0 Å². The molecule has 276 valence electrons. The third kappa shape index (κ3) is 23.5. The molecular formula is C46H88Si. The van der Waals surface area contributed by atoms with Gasteiger partial charge < -0.3 is 0 Å². The van der Waals surface area contributed by atoms with Gasteiger partial charge in [-0.05, 0) is 11.0 Å². The zero-order valence-corrected chi connectivity index (χ0v) is 34.6. The summed E-state index contributed by atoms with van der Waals surface area (Å²) in [6.45, 7) is 14.2.